The number of phenolic OH excluding ortho intramolecular Hbond substituents is 2. The molecule has 0 fully saturated rings. The fraction of sp³-hybridized carbons (Fsp3) is 0.0588. The number of anilines is 1. The van der Waals surface area contributed by atoms with Gasteiger partial charge in [-0.3, -0.25) is 9.89 Å². The molecular weight excluding hydrogens is 326 g/mol. The Balaban J connectivity index is 1.54. The lowest BCUT2D eigenvalue weighted by Crippen LogP contribution is -2.12. The average Bonchev–Trinajstić information content (AvgIpc) is 3.23. The minimum atomic E-state index is -0.393. The number of carbonyl (C=O) groups excluding carboxylic acids is 1. The van der Waals surface area contributed by atoms with Gasteiger partial charge in [-0.25, -0.2) is 0 Å². The molecule has 0 unspecified atom stereocenters. The SMILES string of the molecule is O=C(Nc1ccc2c(c1)OCO2)c1cc(-c2ccc(O)cc2O)n[nH]1. The molecule has 0 radical (unpaired) electrons. The van der Waals surface area contributed by atoms with Crippen LogP contribution >= 0.6 is 0 Å². The van der Waals surface area contributed by atoms with Crippen LogP contribution in [0.5, 0.6) is 23.0 Å². The quantitative estimate of drug-likeness (QED) is 0.582. The van der Waals surface area contributed by atoms with Crippen LogP contribution < -0.4 is 14.8 Å². The van der Waals surface area contributed by atoms with Gasteiger partial charge in [0.1, 0.15) is 17.2 Å². The molecular formula is C17H13N3O5. The zero-order valence-electron chi connectivity index (χ0n) is 12.8. The number of aromatic amines is 1. The summed E-state index contributed by atoms with van der Waals surface area (Å²) >= 11 is 0. The second kappa shape index (κ2) is 5.75. The molecule has 0 spiro atoms. The van der Waals surface area contributed by atoms with E-state index in [4.69, 9.17) is 9.47 Å². The molecule has 1 aromatic heterocycles. The summed E-state index contributed by atoms with van der Waals surface area (Å²) in [5.74, 6) is 0.615. The van der Waals surface area contributed by atoms with Gasteiger partial charge in [-0.15, -0.1) is 0 Å². The number of amides is 1. The van der Waals surface area contributed by atoms with Crippen LogP contribution in [-0.2, 0) is 0 Å². The molecule has 0 atom stereocenters. The van der Waals surface area contributed by atoms with Crippen molar-refractivity contribution in [3.05, 3.63) is 48.2 Å². The Morgan fingerprint density at radius 1 is 1.08 bits per heavy atom. The molecule has 0 aliphatic carbocycles. The number of phenols is 2. The summed E-state index contributed by atoms with van der Waals surface area (Å²) in [6.07, 6.45) is 0. The molecule has 2 aromatic carbocycles. The number of nitrogens with zero attached hydrogens (tertiary/aromatic N) is 1. The Kier molecular flexibility index (Phi) is 3.42. The monoisotopic (exact) mass is 339 g/mol. The second-order valence-electron chi connectivity index (χ2n) is 5.39. The van der Waals surface area contributed by atoms with Gasteiger partial charge in [0.05, 0.1) is 5.69 Å². The minimum Gasteiger partial charge on any atom is -0.508 e. The number of fused-ring (bicyclic) bond motifs is 1. The predicted molar refractivity (Wildman–Crippen MR) is 87.9 cm³/mol. The van der Waals surface area contributed by atoms with Crippen molar-refractivity contribution in [3.63, 3.8) is 0 Å². The lowest BCUT2D eigenvalue weighted by Gasteiger charge is -2.04. The number of nitrogens with one attached hydrogen (secondary N) is 2. The van der Waals surface area contributed by atoms with Gasteiger partial charge in [-0.05, 0) is 30.3 Å². The normalized spacial score (nSPS) is 12.2. The summed E-state index contributed by atoms with van der Waals surface area (Å²) in [5.41, 5.74) is 1.56. The van der Waals surface area contributed by atoms with Gasteiger partial charge in [0, 0.05) is 23.4 Å². The molecule has 1 aliphatic rings. The number of hydrogen-bond donors (Lipinski definition) is 4. The Hall–Kier alpha value is -3.68. The topological polar surface area (TPSA) is 117 Å². The molecule has 4 N–H and O–H groups in total. The molecule has 3 aromatic rings. The highest BCUT2D eigenvalue weighted by molar-refractivity contribution is 6.03. The van der Waals surface area contributed by atoms with E-state index in [1.54, 1.807) is 18.2 Å². The third-order valence-corrected chi connectivity index (χ3v) is 3.71. The van der Waals surface area contributed by atoms with E-state index in [1.165, 1.54) is 24.3 Å². The maximum Gasteiger partial charge on any atom is 0.273 e. The summed E-state index contributed by atoms with van der Waals surface area (Å²) in [7, 11) is 0. The summed E-state index contributed by atoms with van der Waals surface area (Å²) in [5, 5.41) is 28.6. The van der Waals surface area contributed by atoms with E-state index in [-0.39, 0.29) is 24.0 Å². The molecule has 8 heteroatoms. The van der Waals surface area contributed by atoms with Crippen molar-refractivity contribution in [2.75, 3.05) is 12.1 Å². The van der Waals surface area contributed by atoms with Crippen LogP contribution in [0.25, 0.3) is 11.3 Å². The van der Waals surface area contributed by atoms with Crippen molar-refractivity contribution in [1.82, 2.24) is 10.2 Å². The Labute approximate surface area is 141 Å². The van der Waals surface area contributed by atoms with Gasteiger partial charge in [0.15, 0.2) is 11.5 Å². The smallest absolute Gasteiger partial charge is 0.273 e. The van der Waals surface area contributed by atoms with Crippen LogP contribution in [0.3, 0.4) is 0 Å². The first-order valence-electron chi connectivity index (χ1n) is 7.39. The number of ether oxygens (including phenoxy) is 2. The van der Waals surface area contributed by atoms with E-state index >= 15 is 0 Å². The van der Waals surface area contributed by atoms with Gasteiger partial charge >= 0.3 is 0 Å². The molecule has 1 aliphatic heterocycles. The molecule has 0 bridgehead atoms. The summed E-state index contributed by atoms with van der Waals surface area (Å²) in [4.78, 5) is 12.3. The van der Waals surface area contributed by atoms with E-state index in [2.05, 4.69) is 15.5 Å². The summed E-state index contributed by atoms with van der Waals surface area (Å²) < 4.78 is 10.5. The Morgan fingerprint density at radius 2 is 1.92 bits per heavy atom. The van der Waals surface area contributed by atoms with Crippen LogP contribution in [0.4, 0.5) is 5.69 Å². The largest absolute Gasteiger partial charge is 0.508 e. The van der Waals surface area contributed by atoms with E-state index in [9.17, 15) is 15.0 Å². The number of hydrogen-bond acceptors (Lipinski definition) is 6. The van der Waals surface area contributed by atoms with Gasteiger partial charge in [0.25, 0.3) is 5.91 Å². The molecule has 0 saturated heterocycles. The number of aromatic hydroxyl groups is 2. The van der Waals surface area contributed by atoms with Crippen molar-refractivity contribution in [2.24, 2.45) is 0 Å². The van der Waals surface area contributed by atoms with Crippen molar-refractivity contribution in [1.29, 1.82) is 0 Å². The fourth-order valence-electron chi connectivity index (χ4n) is 2.49. The van der Waals surface area contributed by atoms with Gasteiger partial charge in [0.2, 0.25) is 6.79 Å². The highest BCUT2D eigenvalue weighted by Crippen LogP contribution is 2.34. The number of H-pyrrole nitrogens is 1. The lowest BCUT2D eigenvalue weighted by atomic mass is 10.1. The molecule has 1 amide bonds. The van der Waals surface area contributed by atoms with Crippen LogP contribution in [0.1, 0.15) is 10.5 Å². The molecule has 8 nitrogen and oxygen atoms in total. The van der Waals surface area contributed by atoms with Crippen molar-refractivity contribution < 1.29 is 24.5 Å². The molecule has 2 heterocycles. The molecule has 126 valence electrons. The molecule has 25 heavy (non-hydrogen) atoms. The zero-order valence-corrected chi connectivity index (χ0v) is 12.8. The number of aromatic nitrogens is 2. The third kappa shape index (κ3) is 2.80. The first-order valence-corrected chi connectivity index (χ1v) is 7.39. The van der Waals surface area contributed by atoms with Crippen LogP contribution in [0, 0.1) is 0 Å². The van der Waals surface area contributed by atoms with E-state index in [0.29, 0.717) is 28.4 Å². The van der Waals surface area contributed by atoms with Crippen LogP contribution in [-0.4, -0.2) is 33.1 Å². The highest BCUT2D eigenvalue weighted by Gasteiger charge is 2.17. The van der Waals surface area contributed by atoms with Gasteiger partial charge in [-0.2, -0.15) is 5.10 Å². The number of rotatable bonds is 3. The molecule has 0 saturated carbocycles. The maximum atomic E-state index is 12.3. The standard InChI is InChI=1S/C17H13N3O5/c21-10-2-3-11(14(22)6-10)12-7-13(20-19-12)17(23)18-9-1-4-15-16(5-9)25-8-24-15/h1-7,21-22H,8H2,(H,18,23)(H,19,20). The first kappa shape index (κ1) is 14.9. The second-order valence-corrected chi connectivity index (χ2v) is 5.39. The Bertz CT molecular complexity index is 967. The van der Waals surface area contributed by atoms with Gasteiger partial charge in [-0.1, -0.05) is 0 Å². The van der Waals surface area contributed by atoms with Crippen molar-refractivity contribution >= 4 is 11.6 Å². The maximum absolute atomic E-state index is 12.3. The van der Waals surface area contributed by atoms with Crippen LogP contribution in [0.15, 0.2) is 42.5 Å². The molecule has 4 rings (SSSR count). The Morgan fingerprint density at radius 3 is 2.76 bits per heavy atom. The fourth-order valence-corrected chi connectivity index (χ4v) is 2.49. The number of benzene rings is 2. The minimum absolute atomic E-state index is 0.0578. The van der Waals surface area contributed by atoms with E-state index < -0.39 is 5.91 Å². The van der Waals surface area contributed by atoms with Crippen molar-refractivity contribution in [2.45, 2.75) is 0 Å². The highest BCUT2D eigenvalue weighted by atomic mass is 16.7. The summed E-state index contributed by atoms with van der Waals surface area (Å²) in [6, 6.07) is 10.7. The zero-order chi connectivity index (χ0) is 17.4. The third-order valence-electron chi connectivity index (χ3n) is 3.71. The van der Waals surface area contributed by atoms with Crippen molar-refractivity contribution in [3.8, 4) is 34.3 Å². The number of carbonyl (C=O) groups is 1. The van der Waals surface area contributed by atoms with Gasteiger partial charge < -0.3 is 25.0 Å². The summed E-state index contributed by atoms with van der Waals surface area (Å²) in [6.45, 7) is 0.159. The first-order chi connectivity index (χ1) is 12.1. The lowest BCUT2D eigenvalue weighted by molar-refractivity contribution is 0.102. The van der Waals surface area contributed by atoms with E-state index in [0.717, 1.165) is 0 Å². The van der Waals surface area contributed by atoms with Crippen LogP contribution in [0.2, 0.25) is 0 Å². The average molecular weight is 339 g/mol. The predicted octanol–water partition coefficient (Wildman–Crippen LogP) is 2.47. The van der Waals surface area contributed by atoms with E-state index in [1.807, 2.05) is 0 Å².